The third kappa shape index (κ3) is 7.08. The first-order valence-corrected chi connectivity index (χ1v) is 9.20. The van der Waals surface area contributed by atoms with Crippen molar-refractivity contribution in [3.63, 3.8) is 0 Å². The highest BCUT2D eigenvalue weighted by Gasteiger charge is 2.11. The van der Waals surface area contributed by atoms with Crippen LogP contribution in [0.4, 0.5) is 0 Å². The number of rotatable bonds is 7. The van der Waals surface area contributed by atoms with E-state index in [1.165, 1.54) is 0 Å². The monoisotopic (exact) mass is 322 g/mol. The zero-order valence-corrected chi connectivity index (χ0v) is 14.7. The van der Waals surface area contributed by atoms with Gasteiger partial charge in [-0.3, -0.25) is 4.90 Å². The number of hydrogen-bond acceptors (Lipinski definition) is 3. The molecule has 0 aromatic heterocycles. The molecule has 1 aromatic rings. The highest BCUT2D eigenvalue weighted by Crippen LogP contribution is 2.04. The lowest BCUT2D eigenvalue weighted by atomic mass is 10.2. The summed E-state index contributed by atoms with van der Waals surface area (Å²) in [6.45, 7) is 9.32. The average molecular weight is 322 g/mol. The molecule has 0 unspecified atom stereocenters. The Hall–Kier alpha value is -1.35. The lowest BCUT2D eigenvalue weighted by Gasteiger charge is -2.28. The van der Waals surface area contributed by atoms with Gasteiger partial charge in [0.25, 0.3) is 0 Å². The van der Waals surface area contributed by atoms with Gasteiger partial charge in [-0.05, 0) is 33.3 Å². The molecular formula is C17H26N2O2S. The van der Waals surface area contributed by atoms with E-state index < -0.39 is 10.0 Å². The smallest absolute Gasteiger partial charge is 0.216 e. The summed E-state index contributed by atoms with van der Waals surface area (Å²) < 4.78 is 26.4. The van der Waals surface area contributed by atoms with Crippen LogP contribution in [0.25, 0.3) is 0 Å². The van der Waals surface area contributed by atoms with Crippen LogP contribution in [0.5, 0.6) is 0 Å². The van der Waals surface area contributed by atoms with Crippen LogP contribution in [0, 0.1) is 11.8 Å². The van der Waals surface area contributed by atoms with E-state index in [0.29, 0.717) is 18.6 Å². The molecule has 1 rings (SSSR count). The Balaban J connectivity index is 2.45. The molecule has 22 heavy (non-hydrogen) atoms. The van der Waals surface area contributed by atoms with Crippen molar-refractivity contribution in [2.24, 2.45) is 0 Å². The van der Waals surface area contributed by atoms with E-state index in [9.17, 15) is 8.42 Å². The molecule has 0 heterocycles. The summed E-state index contributed by atoms with van der Waals surface area (Å²) in [5.74, 6) is 5.90. The number of hydrogen-bond donors (Lipinski definition) is 1. The molecule has 0 atom stereocenters. The average Bonchev–Trinajstić information content (AvgIpc) is 2.42. The Bertz CT molecular complexity index is 591. The van der Waals surface area contributed by atoms with Crippen molar-refractivity contribution in [3.05, 3.63) is 35.9 Å². The standard InChI is InChI=1S/C17H26N2O2S/c1-15(2)19(16(3)4)13-9-8-12-18-22(20,21)14-17-10-6-5-7-11-17/h5-7,10-11,15-16,18H,12-14H2,1-4H3. The van der Waals surface area contributed by atoms with Crippen molar-refractivity contribution < 1.29 is 8.42 Å². The molecular weight excluding hydrogens is 296 g/mol. The highest BCUT2D eigenvalue weighted by atomic mass is 32.2. The van der Waals surface area contributed by atoms with Crippen LogP contribution >= 0.6 is 0 Å². The van der Waals surface area contributed by atoms with Gasteiger partial charge in [-0.15, -0.1) is 0 Å². The lowest BCUT2D eigenvalue weighted by molar-refractivity contribution is 0.200. The number of nitrogens with one attached hydrogen (secondary N) is 1. The molecule has 0 aliphatic carbocycles. The first-order chi connectivity index (χ1) is 10.3. The Morgan fingerprint density at radius 2 is 1.64 bits per heavy atom. The quantitative estimate of drug-likeness (QED) is 0.783. The predicted molar refractivity (Wildman–Crippen MR) is 91.8 cm³/mol. The minimum Gasteiger partial charge on any atom is -0.287 e. The first-order valence-electron chi connectivity index (χ1n) is 7.54. The second-order valence-electron chi connectivity index (χ2n) is 5.78. The van der Waals surface area contributed by atoms with Gasteiger partial charge in [-0.25, -0.2) is 13.1 Å². The van der Waals surface area contributed by atoms with Crippen molar-refractivity contribution in [3.8, 4) is 11.8 Å². The van der Waals surface area contributed by atoms with E-state index in [-0.39, 0.29) is 12.3 Å². The van der Waals surface area contributed by atoms with Gasteiger partial charge in [0.15, 0.2) is 0 Å². The van der Waals surface area contributed by atoms with Gasteiger partial charge in [0.1, 0.15) is 0 Å². The van der Waals surface area contributed by atoms with Crippen molar-refractivity contribution in [2.45, 2.75) is 45.5 Å². The van der Waals surface area contributed by atoms with Crippen LogP contribution < -0.4 is 4.72 Å². The van der Waals surface area contributed by atoms with Gasteiger partial charge in [0, 0.05) is 12.1 Å². The van der Waals surface area contributed by atoms with Crippen LogP contribution in [0.3, 0.4) is 0 Å². The van der Waals surface area contributed by atoms with Gasteiger partial charge in [0.2, 0.25) is 10.0 Å². The molecule has 0 aliphatic rings. The van der Waals surface area contributed by atoms with E-state index >= 15 is 0 Å². The summed E-state index contributed by atoms with van der Waals surface area (Å²) >= 11 is 0. The van der Waals surface area contributed by atoms with Gasteiger partial charge < -0.3 is 0 Å². The maximum Gasteiger partial charge on any atom is 0.216 e. The van der Waals surface area contributed by atoms with Crippen LogP contribution in [0.2, 0.25) is 0 Å². The molecule has 5 heteroatoms. The fraction of sp³-hybridized carbons (Fsp3) is 0.529. The van der Waals surface area contributed by atoms with Crippen molar-refractivity contribution >= 4 is 10.0 Å². The molecule has 1 aromatic carbocycles. The van der Waals surface area contributed by atoms with E-state index in [1.807, 2.05) is 18.2 Å². The number of benzene rings is 1. The second kappa shape index (κ2) is 8.94. The lowest BCUT2D eigenvalue weighted by Crippen LogP contribution is -2.37. The molecule has 122 valence electrons. The van der Waals surface area contributed by atoms with Crippen LogP contribution in [-0.2, 0) is 15.8 Å². The van der Waals surface area contributed by atoms with Gasteiger partial charge in [-0.2, -0.15) is 0 Å². The topological polar surface area (TPSA) is 49.4 Å². The van der Waals surface area contributed by atoms with Crippen LogP contribution in [0.1, 0.15) is 33.3 Å². The summed E-state index contributed by atoms with van der Waals surface area (Å²) in [7, 11) is -3.33. The van der Waals surface area contributed by atoms with E-state index in [2.05, 4.69) is 49.2 Å². The molecule has 0 saturated carbocycles. The zero-order valence-electron chi connectivity index (χ0n) is 13.8. The minimum absolute atomic E-state index is 0.0143. The molecule has 4 nitrogen and oxygen atoms in total. The van der Waals surface area contributed by atoms with Gasteiger partial charge in [0.05, 0.1) is 18.8 Å². The summed E-state index contributed by atoms with van der Waals surface area (Å²) in [5.41, 5.74) is 0.772. The molecule has 0 radical (unpaired) electrons. The van der Waals surface area contributed by atoms with Gasteiger partial charge >= 0.3 is 0 Å². The SMILES string of the molecule is CC(C)N(CC#CCNS(=O)(=O)Cc1ccccc1)C(C)C. The molecule has 0 spiro atoms. The minimum atomic E-state index is -3.33. The fourth-order valence-electron chi connectivity index (χ4n) is 2.16. The van der Waals surface area contributed by atoms with Crippen molar-refractivity contribution in [1.29, 1.82) is 0 Å². The summed E-state index contributed by atoms with van der Waals surface area (Å²) in [6, 6.07) is 9.97. The van der Waals surface area contributed by atoms with E-state index in [4.69, 9.17) is 0 Å². The number of nitrogens with zero attached hydrogens (tertiary/aromatic N) is 1. The van der Waals surface area contributed by atoms with Crippen LogP contribution in [0.15, 0.2) is 30.3 Å². The molecule has 0 aliphatic heterocycles. The van der Waals surface area contributed by atoms with Gasteiger partial charge in [-0.1, -0.05) is 42.2 Å². The Morgan fingerprint density at radius 3 is 2.18 bits per heavy atom. The summed E-state index contributed by atoms with van der Waals surface area (Å²) in [5, 5.41) is 0. The van der Waals surface area contributed by atoms with E-state index in [1.54, 1.807) is 12.1 Å². The van der Waals surface area contributed by atoms with Crippen molar-refractivity contribution in [1.82, 2.24) is 9.62 Å². The highest BCUT2D eigenvalue weighted by molar-refractivity contribution is 7.88. The molecule has 0 amide bonds. The normalized spacial score (nSPS) is 11.8. The molecule has 1 N–H and O–H groups in total. The second-order valence-corrected chi connectivity index (χ2v) is 7.59. The Kier molecular flexibility index (Phi) is 7.60. The largest absolute Gasteiger partial charge is 0.287 e. The predicted octanol–water partition coefficient (Wildman–Crippen LogP) is 2.23. The zero-order chi connectivity index (χ0) is 16.6. The first kappa shape index (κ1) is 18.7. The maximum absolute atomic E-state index is 11.9. The maximum atomic E-state index is 11.9. The third-order valence-corrected chi connectivity index (χ3v) is 4.59. The van der Waals surface area contributed by atoms with Crippen molar-refractivity contribution in [2.75, 3.05) is 13.1 Å². The summed E-state index contributed by atoms with van der Waals surface area (Å²) in [4.78, 5) is 2.26. The molecule has 0 bridgehead atoms. The molecule has 0 saturated heterocycles. The number of sulfonamides is 1. The Morgan fingerprint density at radius 1 is 1.05 bits per heavy atom. The summed E-state index contributed by atoms with van der Waals surface area (Å²) in [6.07, 6.45) is 0. The third-order valence-electron chi connectivity index (χ3n) is 3.29. The fourth-order valence-corrected chi connectivity index (χ4v) is 3.19. The molecule has 0 fully saturated rings. The van der Waals surface area contributed by atoms with Crippen LogP contribution in [-0.4, -0.2) is 38.5 Å². The Labute approximate surface area is 135 Å². The van der Waals surface area contributed by atoms with E-state index in [0.717, 1.165) is 5.56 Å².